The van der Waals surface area contributed by atoms with Gasteiger partial charge in [-0.25, -0.2) is 4.39 Å². The molecule has 1 aliphatic rings. The van der Waals surface area contributed by atoms with Crippen molar-refractivity contribution in [2.75, 3.05) is 11.4 Å². The average Bonchev–Trinajstić information content (AvgIpc) is 2.82. The first kappa shape index (κ1) is 18.7. The van der Waals surface area contributed by atoms with Crippen molar-refractivity contribution < 1.29 is 9.18 Å². The molecule has 1 amide bonds. The Hall–Kier alpha value is -2.69. The molecule has 0 bridgehead atoms. The summed E-state index contributed by atoms with van der Waals surface area (Å²) >= 11 is 12.4. The minimum absolute atomic E-state index is 0.0105. The van der Waals surface area contributed by atoms with Gasteiger partial charge in [-0.05, 0) is 30.3 Å². The maximum Gasteiger partial charge on any atom is 0.248 e. The molecular weight excluding hydrogens is 398 g/mol. The average molecular weight is 413 g/mol. The highest BCUT2D eigenvalue weighted by atomic mass is 35.5. The highest BCUT2D eigenvalue weighted by Crippen LogP contribution is 2.32. The number of anilines is 1. The highest BCUT2D eigenvalue weighted by molar-refractivity contribution is 6.32. The first-order chi connectivity index (χ1) is 13.5. The Morgan fingerprint density at radius 3 is 2.54 bits per heavy atom. The zero-order valence-corrected chi connectivity index (χ0v) is 16.2. The van der Waals surface area contributed by atoms with Crippen molar-refractivity contribution >= 4 is 40.5 Å². The number of benzene rings is 3. The van der Waals surface area contributed by atoms with Crippen LogP contribution in [-0.2, 0) is 11.3 Å². The molecule has 0 saturated heterocycles. The SMILES string of the molecule is O=C1CN=C(c2ccccc2)c2cc(Cl)ccc2N1Cc1c(F)cccc1Cl. The number of benzodiazepines with no additional fused rings is 1. The van der Waals surface area contributed by atoms with Crippen LogP contribution in [0.25, 0.3) is 0 Å². The third kappa shape index (κ3) is 3.53. The van der Waals surface area contributed by atoms with Gasteiger partial charge in [-0.3, -0.25) is 9.79 Å². The Balaban J connectivity index is 1.84. The van der Waals surface area contributed by atoms with Gasteiger partial charge in [0.25, 0.3) is 0 Å². The van der Waals surface area contributed by atoms with Crippen LogP contribution in [0.4, 0.5) is 10.1 Å². The van der Waals surface area contributed by atoms with E-state index in [4.69, 9.17) is 23.2 Å². The summed E-state index contributed by atoms with van der Waals surface area (Å²) in [6.07, 6.45) is 0. The van der Waals surface area contributed by atoms with E-state index in [1.54, 1.807) is 24.3 Å². The Morgan fingerprint density at radius 1 is 1.00 bits per heavy atom. The molecule has 0 saturated carbocycles. The van der Waals surface area contributed by atoms with Gasteiger partial charge in [0.1, 0.15) is 12.4 Å². The minimum Gasteiger partial charge on any atom is -0.306 e. The summed E-state index contributed by atoms with van der Waals surface area (Å²) in [6.45, 7) is -0.0425. The number of rotatable bonds is 3. The summed E-state index contributed by atoms with van der Waals surface area (Å²) in [5.41, 5.74) is 3.16. The molecule has 0 radical (unpaired) electrons. The first-order valence-electron chi connectivity index (χ1n) is 8.67. The third-order valence-electron chi connectivity index (χ3n) is 4.60. The lowest BCUT2D eigenvalue weighted by molar-refractivity contribution is -0.117. The Labute approximate surface area is 172 Å². The van der Waals surface area contributed by atoms with E-state index in [2.05, 4.69) is 4.99 Å². The molecule has 0 N–H and O–H groups in total. The Morgan fingerprint density at radius 2 is 1.79 bits per heavy atom. The van der Waals surface area contributed by atoms with E-state index in [1.807, 2.05) is 30.3 Å². The van der Waals surface area contributed by atoms with E-state index in [-0.39, 0.29) is 29.6 Å². The van der Waals surface area contributed by atoms with Crippen LogP contribution in [0, 0.1) is 5.82 Å². The molecule has 140 valence electrons. The van der Waals surface area contributed by atoms with Gasteiger partial charge in [0.05, 0.1) is 17.9 Å². The fourth-order valence-corrected chi connectivity index (χ4v) is 3.64. The van der Waals surface area contributed by atoms with E-state index >= 15 is 0 Å². The van der Waals surface area contributed by atoms with Gasteiger partial charge in [0.15, 0.2) is 0 Å². The van der Waals surface area contributed by atoms with Crippen LogP contribution in [-0.4, -0.2) is 18.2 Å². The van der Waals surface area contributed by atoms with E-state index in [0.29, 0.717) is 16.4 Å². The van der Waals surface area contributed by atoms with Crippen LogP contribution in [0.1, 0.15) is 16.7 Å². The second-order valence-corrected chi connectivity index (χ2v) is 7.22. The van der Waals surface area contributed by atoms with Gasteiger partial charge in [0, 0.05) is 26.7 Å². The molecule has 4 rings (SSSR count). The molecule has 6 heteroatoms. The number of carbonyl (C=O) groups excluding carboxylic acids is 1. The van der Waals surface area contributed by atoms with E-state index in [0.717, 1.165) is 11.1 Å². The molecule has 3 aromatic carbocycles. The molecule has 0 aromatic heterocycles. The summed E-state index contributed by atoms with van der Waals surface area (Å²) in [5.74, 6) is -0.696. The summed E-state index contributed by atoms with van der Waals surface area (Å²) in [7, 11) is 0. The minimum atomic E-state index is -0.454. The van der Waals surface area contributed by atoms with Crippen LogP contribution >= 0.6 is 23.2 Å². The zero-order chi connectivity index (χ0) is 19.7. The van der Waals surface area contributed by atoms with E-state index in [1.165, 1.54) is 17.0 Å². The number of hydrogen-bond acceptors (Lipinski definition) is 2. The van der Waals surface area contributed by atoms with E-state index in [9.17, 15) is 9.18 Å². The molecule has 0 atom stereocenters. The molecule has 1 heterocycles. The molecule has 0 fully saturated rings. The zero-order valence-electron chi connectivity index (χ0n) is 14.7. The van der Waals surface area contributed by atoms with E-state index < -0.39 is 5.82 Å². The normalized spacial score (nSPS) is 13.8. The predicted molar refractivity (Wildman–Crippen MR) is 111 cm³/mol. The lowest BCUT2D eigenvalue weighted by Crippen LogP contribution is -2.32. The molecule has 3 nitrogen and oxygen atoms in total. The number of fused-ring (bicyclic) bond motifs is 1. The largest absolute Gasteiger partial charge is 0.306 e. The van der Waals surface area contributed by atoms with Crippen molar-refractivity contribution in [2.24, 2.45) is 4.99 Å². The summed E-state index contributed by atoms with van der Waals surface area (Å²) in [4.78, 5) is 18.9. The topological polar surface area (TPSA) is 32.7 Å². The monoisotopic (exact) mass is 412 g/mol. The molecule has 3 aromatic rings. The quantitative estimate of drug-likeness (QED) is 0.557. The Kier molecular flexibility index (Phi) is 5.16. The maximum absolute atomic E-state index is 14.3. The van der Waals surface area contributed by atoms with Crippen LogP contribution < -0.4 is 4.90 Å². The number of aliphatic imine (C=N–C) groups is 1. The van der Waals surface area contributed by atoms with Crippen molar-refractivity contribution in [1.29, 1.82) is 0 Å². The van der Waals surface area contributed by atoms with Gasteiger partial charge >= 0.3 is 0 Å². The smallest absolute Gasteiger partial charge is 0.248 e. The third-order valence-corrected chi connectivity index (χ3v) is 5.19. The standard InChI is InChI=1S/C22H15Cl2FN2O/c23-15-9-10-20-16(11-15)22(14-5-2-1-3-6-14)26-12-21(28)27(20)13-17-18(24)7-4-8-19(17)25/h1-11H,12-13H2. The van der Waals surface area contributed by atoms with Crippen molar-refractivity contribution in [1.82, 2.24) is 0 Å². The van der Waals surface area contributed by atoms with Crippen molar-refractivity contribution in [3.05, 3.63) is 99.3 Å². The van der Waals surface area contributed by atoms with Gasteiger partial charge in [-0.1, -0.05) is 59.6 Å². The number of hydrogen-bond donors (Lipinski definition) is 0. The van der Waals surface area contributed by atoms with Crippen LogP contribution in [0.5, 0.6) is 0 Å². The summed E-state index contributed by atoms with van der Waals surface area (Å²) < 4.78 is 14.3. The molecule has 1 aliphatic heterocycles. The van der Waals surface area contributed by atoms with Crippen LogP contribution in [0.2, 0.25) is 10.0 Å². The van der Waals surface area contributed by atoms with Crippen molar-refractivity contribution in [2.45, 2.75) is 6.54 Å². The second-order valence-electron chi connectivity index (χ2n) is 6.37. The number of carbonyl (C=O) groups is 1. The molecule has 0 unspecified atom stereocenters. The van der Waals surface area contributed by atoms with Crippen molar-refractivity contribution in [3.8, 4) is 0 Å². The number of halogens is 3. The van der Waals surface area contributed by atoms with Gasteiger partial charge in [-0.2, -0.15) is 0 Å². The lowest BCUT2D eigenvalue weighted by Gasteiger charge is -2.24. The van der Waals surface area contributed by atoms with Gasteiger partial charge in [0.2, 0.25) is 5.91 Å². The second kappa shape index (κ2) is 7.74. The lowest BCUT2D eigenvalue weighted by atomic mass is 10.00. The van der Waals surface area contributed by atoms with Crippen LogP contribution in [0.3, 0.4) is 0 Å². The van der Waals surface area contributed by atoms with Crippen molar-refractivity contribution in [3.63, 3.8) is 0 Å². The fourth-order valence-electron chi connectivity index (χ4n) is 3.24. The maximum atomic E-state index is 14.3. The summed E-state index contributed by atoms with van der Waals surface area (Å²) in [6, 6.07) is 19.3. The number of amides is 1. The highest BCUT2D eigenvalue weighted by Gasteiger charge is 2.27. The Bertz CT molecular complexity index is 1060. The molecule has 0 aliphatic carbocycles. The fraction of sp³-hybridized carbons (Fsp3) is 0.0909. The molecular formula is C22H15Cl2FN2O. The van der Waals surface area contributed by atoms with Gasteiger partial charge in [-0.15, -0.1) is 0 Å². The summed E-state index contributed by atoms with van der Waals surface area (Å²) in [5, 5.41) is 0.803. The molecule has 28 heavy (non-hydrogen) atoms. The predicted octanol–water partition coefficient (Wildman–Crippen LogP) is 5.52. The first-order valence-corrected chi connectivity index (χ1v) is 9.43. The van der Waals surface area contributed by atoms with Crippen LogP contribution in [0.15, 0.2) is 71.7 Å². The molecule has 0 spiro atoms. The van der Waals surface area contributed by atoms with Gasteiger partial charge < -0.3 is 4.90 Å². The number of nitrogens with zero attached hydrogens (tertiary/aromatic N) is 2.